The van der Waals surface area contributed by atoms with E-state index in [1.165, 1.54) is 12.1 Å². The van der Waals surface area contributed by atoms with Crippen molar-refractivity contribution in [2.45, 2.75) is 39.2 Å². The fraction of sp³-hybridized carbons (Fsp3) is 0.241. The monoisotopic (exact) mass is 488 g/mol. The van der Waals surface area contributed by atoms with E-state index >= 15 is 4.39 Å². The van der Waals surface area contributed by atoms with Crippen molar-refractivity contribution < 1.29 is 14.0 Å². The highest BCUT2D eigenvalue weighted by molar-refractivity contribution is 6.31. The fourth-order valence-electron chi connectivity index (χ4n) is 5.16. The number of benzene rings is 3. The highest BCUT2D eigenvalue weighted by Gasteiger charge is 2.44. The Hall–Kier alpha value is -3.44. The minimum absolute atomic E-state index is 0.0973. The van der Waals surface area contributed by atoms with Crippen molar-refractivity contribution in [1.29, 1.82) is 0 Å². The highest BCUT2D eigenvalue weighted by Crippen LogP contribution is 2.49. The van der Waals surface area contributed by atoms with E-state index in [0.29, 0.717) is 35.5 Å². The number of nitrogens with zero attached hydrogens (tertiary/aromatic N) is 1. The van der Waals surface area contributed by atoms with Gasteiger partial charge < -0.3 is 5.32 Å². The molecule has 1 N–H and O–H groups in total. The molecule has 1 heterocycles. The number of hydrogen-bond acceptors (Lipinski definition) is 3. The van der Waals surface area contributed by atoms with Crippen LogP contribution in [0.15, 0.2) is 84.1 Å². The Morgan fingerprint density at radius 3 is 2.49 bits per heavy atom. The first-order valence-electron chi connectivity index (χ1n) is 11.7. The fourth-order valence-corrected chi connectivity index (χ4v) is 5.43. The average molecular weight is 489 g/mol. The summed E-state index contributed by atoms with van der Waals surface area (Å²) < 4.78 is 15.5. The molecule has 0 saturated heterocycles. The van der Waals surface area contributed by atoms with Gasteiger partial charge in [0, 0.05) is 28.3 Å². The van der Waals surface area contributed by atoms with E-state index in [0.717, 1.165) is 5.56 Å². The third-order valence-electron chi connectivity index (χ3n) is 6.64. The van der Waals surface area contributed by atoms with Gasteiger partial charge in [-0.2, -0.15) is 0 Å². The van der Waals surface area contributed by atoms with Crippen LogP contribution in [0.3, 0.4) is 0 Å². The SMILES string of the molecule is CC1(C)CC(=O)C2=C(C1)Nc1ccccc1N(C(=O)Cc1ccccc1)[C@@H]2c1c(F)cccc1Cl. The maximum absolute atomic E-state index is 15.5. The molecular formula is C29H26ClFN2O2. The molecule has 3 aromatic carbocycles. The van der Waals surface area contributed by atoms with E-state index in [9.17, 15) is 9.59 Å². The van der Waals surface area contributed by atoms with Crippen LogP contribution in [0.5, 0.6) is 0 Å². The number of nitrogens with one attached hydrogen (secondary N) is 1. The Kier molecular flexibility index (Phi) is 5.97. The second-order valence-corrected chi connectivity index (χ2v) is 10.3. The molecule has 2 aliphatic rings. The summed E-state index contributed by atoms with van der Waals surface area (Å²) >= 11 is 6.58. The van der Waals surface area contributed by atoms with Crippen LogP contribution in [-0.4, -0.2) is 11.7 Å². The highest BCUT2D eigenvalue weighted by atomic mass is 35.5. The van der Waals surface area contributed by atoms with Gasteiger partial charge in [0.05, 0.1) is 23.8 Å². The van der Waals surface area contributed by atoms with Gasteiger partial charge in [0.25, 0.3) is 0 Å². The molecular weight excluding hydrogens is 463 g/mol. The number of anilines is 2. The zero-order valence-electron chi connectivity index (χ0n) is 19.6. The Morgan fingerprint density at radius 2 is 1.74 bits per heavy atom. The van der Waals surface area contributed by atoms with Gasteiger partial charge in [0.15, 0.2) is 5.78 Å². The third kappa shape index (κ3) is 4.37. The first-order chi connectivity index (χ1) is 16.7. The van der Waals surface area contributed by atoms with Crippen molar-refractivity contribution in [3.05, 3.63) is 106 Å². The van der Waals surface area contributed by atoms with Gasteiger partial charge in [0.2, 0.25) is 5.91 Å². The molecule has 0 spiro atoms. The Balaban J connectivity index is 1.77. The maximum atomic E-state index is 15.5. The minimum atomic E-state index is -0.991. The first-order valence-corrected chi connectivity index (χ1v) is 12.1. The summed E-state index contributed by atoms with van der Waals surface area (Å²) in [6.45, 7) is 4.08. The number of para-hydroxylation sites is 2. The summed E-state index contributed by atoms with van der Waals surface area (Å²) in [6, 6.07) is 20.3. The minimum Gasteiger partial charge on any atom is -0.357 e. The third-order valence-corrected chi connectivity index (χ3v) is 6.97. The van der Waals surface area contributed by atoms with Crippen molar-refractivity contribution in [1.82, 2.24) is 0 Å². The lowest BCUT2D eigenvalue weighted by Gasteiger charge is -2.37. The summed E-state index contributed by atoms with van der Waals surface area (Å²) in [7, 11) is 0. The van der Waals surface area contributed by atoms with E-state index in [1.54, 1.807) is 11.0 Å². The van der Waals surface area contributed by atoms with Crippen molar-refractivity contribution in [3.63, 3.8) is 0 Å². The van der Waals surface area contributed by atoms with Crippen molar-refractivity contribution >= 4 is 34.7 Å². The molecule has 0 radical (unpaired) electrons. The van der Waals surface area contributed by atoms with Gasteiger partial charge in [-0.1, -0.05) is 74.0 Å². The number of carbonyl (C=O) groups excluding carboxylic acids is 2. The van der Waals surface area contributed by atoms with Gasteiger partial charge in [-0.05, 0) is 41.7 Å². The normalized spacial score (nSPS) is 18.9. The molecule has 35 heavy (non-hydrogen) atoms. The molecule has 0 saturated carbocycles. The quantitative estimate of drug-likeness (QED) is 0.438. The van der Waals surface area contributed by atoms with E-state index < -0.39 is 11.9 Å². The van der Waals surface area contributed by atoms with E-state index in [4.69, 9.17) is 11.6 Å². The molecule has 0 unspecified atom stereocenters. The summed E-state index contributed by atoms with van der Waals surface area (Å²) in [6.07, 6.45) is 0.985. The molecule has 1 atom stereocenters. The topological polar surface area (TPSA) is 49.4 Å². The van der Waals surface area contributed by atoms with Crippen LogP contribution in [0.2, 0.25) is 5.02 Å². The smallest absolute Gasteiger partial charge is 0.232 e. The number of amides is 1. The van der Waals surface area contributed by atoms with Gasteiger partial charge in [0.1, 0.15) is 5.82 Å². The molecule has 5 rings (SSSR count). The lowest BCUT2D eigenvalue weighted by molar-refractivity contribution is -0.119. The van der Waals surface area contributed by atoms with E-state index in [-0.39, 0.29) is 34.1 Å². The standard InChI is InChI=1S/C29H26ClFN2O2/c1-29(2)16-22-27(24(34)17-29)28(26-19(30)11-8-12-20(26)31)33(23-14-7-6-13-21(23)32-22)25(35)15-18-9-4-3-5-10-18/h3-14,28,32H,15-17H2,1-2H3/t28-/m1/s1. The largest absolute Gasteiger partial charge is 0.357 e. The zero-order chi connectivity index (χ0) is 24.7. The molecule has 0 fully saturated rings. The summed E-state index contributed by atoms with van der Waals surface area (Å²) in [5.74, 6) is -0.914. The lowest BCUT2D eigenvalue weighted by Crippen LogP contribution is -2.40. The van der Waals surface area contributed by atoms with E-state index in [2.05, 4.69) is 5.32 Å². The van der Waals surface area contributed by atoms with Crippen molar-refractivity contribution in [3.8, 4) is 0 Å². The van der Waals surface area contributed by atoms with Crippen LogP contribution in [0.1, 0.15) is 43.9 Å². The van der Waals surface area contributed by atoms with Crippen LogP contribution in [0.25, 0.3) is 0 Å². The van der Waals surface area contributed by atoms with Crippen molar-refractivity contribution in [2.75, 3.05) is 10.2 Å². The molecule has 0 bridgehead atoms. The van der Waals surface area contributed by atoms with Crippen LogP contribution in [-0.2, 0) is 16.0 Å². The predicted octanol–water partition coefficient (Wildman–Crippen LogP) is 6.86. The predicted molar refractivity (Wildman–Crippen MR) is 137 cm³/mol. The first kappa shape index (κ1) is 23.3. The number of hydrogen-bond donors (Lipinski definition) is 1. The van der Waals surface area contributed by atoms with Crippen LogP contribution >= 0.6 is 11.6 Å². The Morgan fingerprint density at radius 1 is 1.03 bits per heavy atom. The van der Waals surface area contributed by atoms with Crippen LogP contribution < -0.4 is 10.2 Å². The average Bonchev–Trinajstić information content (AvgIpc) is 2.93. The number of Topliss-reactive ketones (excluding diaryl/α,β-unsaturated/α-hetero) is 1. The molecule has 178 valence electrons. The van der Waals surface area contributed by atoms with Crippen molar-refractivity contribution in [2.24, 2.45) is 5.41 Å². The molecule has 1 aliphatic carbocycles. The molecule has 1 amide bonds. The Labute approximate surface area is 209 Å². The summed E-state index contributed by atoms with van der Waals surface area (Å²) in [5, 5.41) is 3.61. The van der Waals surface area contributed by atoms with Crippen LogP contribution in [0, 0.1) is 11.2 Å². The van der Waals surface area contributed by atoms with Gasteiger partial charge in [-0.25, -0.2) is 4.39 Å². The van der Waals surface area contributed by atoms with Gasteiger partial charge in [-0.15, -0.1) is 0 Å². The number of ketones is 1. The van der Waals surface area contributed by atoms with E-state index in [1.807, 2.05) is 68.4 Å². The number of fused-ring (bicyclic) bond motifs is 1. The second-order valence-electron chi connectivity index (χ2n) is 9.94. The van der Waals surface area contributed by atoms with Crippen LogP contribution in [0.4, 0.5) is 15.8 Å². The molecule has 0 aromatic heterocycles. The second kappa shape index (κ2) is 8.97. The number of allylic oxidation sites excluding steroid dienone is 1. The Bertz CT molecular complexity index is 1330. The van der Waals surface area contributed by atoms with Gasteiger partial charge >= 0.3 is 0 Å². The zero-order valence-corrected chi connectivity index (χ0v) is 20.4. The number of carbonyl (C=O) groups is 2. The summed E-state index contributed by atoms with van der Waals surface area (Å²) in [5.41, 5.74) is 3.07. The molecule has 6 heteroatoms. The molecule has 1 aliphatic heterocycles. The lowest BCUT2D eigenvalue weighted by atomic mass is 9.73. The molecule has 4 nitrogen and oxygen atoms in total. The number of rotatable bonds is 3. The number of halogens is 2. The summed E-state index contributed by atoms with van der Waals surface area (Å²) in [4.78, 5) is 29.2. The van der Waals surface area contributed by atoms with Gasteiger partial charge in [-0.3, -0.25) is 14.5 Å². The molecule has 3 aromatic rings. The maximum Gasteiger partial charge on any atom is 0.232 e.